The van der Waals surface area contributed by atoms with E-state index in [0.29, 0.717) is 46.0 Å². The van der Waals surface area contributed by atoms with Crippen molar-refractivity contribution in [2.75, 3.05) is 19.0 Å². The topological polar surface area (TPSA) is 137 Å². The lowest BCUT2D eigenvalue weighted by Crippen LogP contribution is -2.41. The highest BCUT2D eigenvalue weighted by Gasteiger charge is 2.19. The van der Waals surface area contributed by atoms with Gasteiger partial charge in [-0.05, 0) is 110 Å². The summed E-state index contributed by atoms with van der Waals surface area (Å²) in [5.74, 6) is -1.01. The highest BCUT2D eigenvalue weighted by atomic mass is 16.5. The molecule has 4 aromatic carbocycles. The maximum atomic E-state index is 13.0. The van der Waals surface area contributed by atoms with Crippen molar-refractivity contribution in [3.05, 3.63) is 125 Å². The monoisotopic (exact) mass is 678 g/mol. The summed E-state index contributed by atoms with van der Waals surface area (Å²) in [7, 11) is 1.28. The summed E-state index contributed by atoms with van der Waals surface area (Å²) in [6.45, 7) is 4.23. The number of ether oxygens (including phenoxy) is 3. The van der Waals surface area contributed by atoms with Gasteiger partial charge in [0.15, 0.2) is 5.78 Å². The Morgan fingerprint density at radius 2 is 1.16 bits per heavy atom. The maximum absolute atomic E-state index is 13.0. The van der Waals surface area contributed by atoms with Gasteiger partial charge >= 0.3 is 11.9 Å². The highest BCUT2D eigenvalue weighted by molar-refractivity contribution is 6.05. The van der Waals surface area contributed by atoms with E-state index in [2.05, 4.69) is 22.3 Å². The second-order valence-electron chi connectivity index (χ2n) is 11.8. The highest BCUT2D eigenvalue weighted by Crippen LogP contribution is 2.19. The molecule has 0 saturated carbocycles. The molecule has 2 amide bonds. The molecule has 4 aromatic rings. The minimum atomic E-state index is -0.791. The molecule has 0 unspecified atom stereocenters. The molecule has 10 heteroatoms. The third kappa shape index (κ3) is 11.2. The SMILES string of the molecule is CCCCCCCOc1ccc(C(=O)Oc2ccc(C[C@H](NC(=O)c3ccc(NC(=O)c4ccc(C(=O)OC)cc4)cc3)C(C)=O)cc2)cc1. The number of esters is 2. The summed E-state index contributed by atoms with van der Waals surface area (Å²) in [6, 6.07) is 25.1. The third-order valence-electron chi connectivity index (χ3n) is 7.95. The summed E-state index contributed by atoms with van der Waals surface area (Å²) in [6.07, 6.45) is 6.02. The van der Waals surface area contributed by atoms with Gasteiger partial charge in [0, 0.05) is 16.8 Å². The normalized spacial score (nSPS) is 11.2. The van der Waals surface area contributed by atoms with Crippen molar-refractivity contribution in [3.8, 4) is 11.5 Å². The van der Waals surface area contributed by atoms with Crippen LogP contribution in [0.2, 0.25) is 0 Å². The van der Waals surface area contributed by atoms with Gasteiger partial charge in [-0.3, -0.25) is 14.4 Å². The van der Waals surface area contributed by atoms with Crippen LogP contribution in [0.15, 0.2) is 97.1 Å². The molecule has 0 radical (unpaired) electrons. The molecule has 260 valence electrons. The molecule has 1 atom stereocenters. The number of carbonyl (C=O) groups is 5. The Balaban J connectivity index is 1.26. The van der Waals surface area contributed by atoms with Gasteiger partial charge in [-0.15, -0.1) is 0 Å². The molecule has 0 bridgehead atoms. The molecule has 0 aliphatic rings. The van der Waals surface area contributed by atoms with Gasteiger partial charge in [0.1, 0.15) is 11.5 Å². The molecular weight excluding hydrogens is 636 g/mol. The number of anilines is 1. The number of ketones is 1. The fourth-order valence-electron chi connectivity index (χ4n) is 5.00. The maximum Gasteiger partial charge on any atom is 0.343 e. The van der Waals surface area contributed by atoms with E-state index in [-0.39, 0.29) is 18.1 Å². The van der Waals surface area contributed by atoms with Gasteiger partial charge in [0.05, 0.1) is 30.9 Å². The summed E-state index contributed by atoms with van der Waals surface area (Å²) >= 11 is 0. The van der Waals surface area contributed by atoms with Crippen LogP contribution in [0.4, 0.5) is 5.69 Å². The molecule has 4 rings (SSSR count). The lowest BCUT2D eigenvalue weighted by atomic mass is 10.0. The summed E-state index contributed by atoms with van der Waals surface area (Å²) in [5, 5.41) is 5.52. The predicted octanol–water partition coefficient (Wildman–Crippen LogP) is 7.22. The molecule has 50 heavy (non-hydrogen) atoms. The first-order valence-electron chi connectivity index (χ1n) is 16.6. The Labute approximate surface area is 292 Å². The molecule has 0 saturated heterocycles. The van der Waals surface area contributed by atoms with Gasteiger partial charge in [-0.2, -0.15) is 0 Å². The van der Waals surface area contributed by atoms with E-state index < -0.39 is 23.9 Å². The quantitative estimate of drug-likeness (QED) is 0.0679. The fourth-order valence-corrected chi connectivity index (χ4v) is 5.00. The zero-order valence-electron chi connectivity index (χ0n) is 28.5. The third-order valence-corrected chi connectivity index (χ3v) is 7.95. The molecule has 0 aromatic heterocycles. The van der Waals surface area contributed by atoms with Crippen LogP contribution >= 0.6 is 0 Å². The molecule has 2 N–H and O–H groups in total. The summed E-state index contributed by atoms with van der Waals surface area (Å²) in [4.78, 5) is 62.3. The van der Waals surface area contributed by atoms with Crippen molar-refractivity contribution >= 4 is 35.2 Å². The van der Waals surface area contributed by atoms with Crippen LogP contribution < -0.4 is 20.1 Å². The van der Waals surface area contributed by atoms with Gasteiger partial charge in [0.2, 0.25) is 0 Å². The van der Waals surface area contributed by atoms with Gasteiger partial charge in [-0.25, -0.2) is 9.59 Å². The molecule has 10 nitrogen and oxygen atoms in total. The second-order valence-corrected chi connectivity index (χ2v) is 11.8. The Kier molecular flexibility index (Phi) is 13.8. The van der Waals surface area contributed by atoms with E-state index in [0.717, 1.165) is 18.4 Å². The Morgan fingerprint density at radius 1 is 0.620 bits per heavy atom. The van der Waals surface area contributed by atoms with Crippen molar-refractivity contribution < 1.29 is 38.2 Å². The Hall–Kier alpha value is -5.77. The van der Waals surface area contributed by atoms with Crippen LogP contribution in [0.25, 0.3) is 0 Å². The number of hydrogen-bond donors (Lipinski definition) is 2. The molecule has 0 heterocycles. The number of rotatable bonds is 17. The van der Waals surface area contributed by atoms with Crippen LogP contribution in [0.5, 0.6) is 11.5 Å². The zero-order chi connectivity index (χ0) is 35.9. The number of nitrogens with one attached hydrogen (secondary N) is 2. The average molecular weight is 679 g/mol. The van der Waals surface area contributed by atoms with Crippen molar-refractivity contribution in [1.29, 1.82) is 0 Å². The van der Waals surface area contributed by atoms with Crippen LogP contribution in [0.1, 0.15) is 92.9 Å². The number of hydrogen-bond acceptors (Lipinski definition) is 8. The lowest BCUT2D eigenvalue weighted by molar-refractivity contribution is -0.118. The van der Waals surface area contributed by atoms with Gasteiger partial charge in [-0.1, -0.05) is 44.7 Å². The van der Waals surface area contributed by atoms with Crippen molar-refractivity contribution in [2.45, 2.75) is 58.4 Å². The van der Waals surface area contributed by atoms with Crippen molar-refractivity contribution in [2.24, 2.45) is 0 Å². The number of carbonyl (C=O) groups excluding carboxylic acids is 5. The largest absolute Gasteiger partial charge is 0.494 e. The molecular formula is C40H42N2O8. The minimum Gasteiger partial charge on any atom is -0.494 e. The Morgan fingerprint density at radius 3 is 1.78 bits per heavy atom. The van der Waals surface area contributed by atoms with Crippen LogP contribution in [-0.4, -0.2) is 49.3 Å². The second kappa shape index (κ2) is 18.7. The summed E-state index contributed by atoms with van der Waals surface area (Å²) in [5.41, 5.74) is 2.59. The number of amides is 2. The van der Waals surface area contributed by atoms with Crippen LogP contribution in [0, 0.1) is 0 Å². The first-order chi connectivity index (χ1) is 24.2. The average Bonchev–Trinajstić information content (AvgIpc) is 3.13. The minimum absolute atomic E-state index is 0.222. The smallest absolute Gasteiger partial charge is 0.343 e. The van der Waals surface area contributed by atoms with Crippen LogP contribution in [-0.2, 0) is 16.0 Å². The predicted molar refractivity (Wildman–Crippen MR) is 190 cm³/mol. The molecule has 0 spiro atoms. The molecule has 0 aliphatic carbocycles. The first-order valence-corrected chi connectivity index (χ1v) is 16.6. The molecule has 0 fully saturated rings. The van der Waals surface area contributed by atoms with Gasteiger partial charge < -0.3 is 24.8 Å². The number of unbranched alkanes of at least 4 members (excludes halogenated alkanes) is 4. The van der Waals surface area contributed by atoms with E-state index >= 15 is 0 Å². The van der Waals surface area contributed by atoms with Crippen LogP contribution in [0.3, 0.4) is 0 Å². The lowest BCUT2D eigenvalue weighted by Gasteiger charge is -2.17. The fraction of sp³-hybridized carbons (Fsp3) is 0.275. The first kappa shape index (κ1) is 37.1. The van der Waals surface area contributed by atoms with E-state index in [4.69, 9.17) is 9.47 Å². The summed E-state index contributed by atoms with van der Waals surface area (Å²) < 4.78 is 16.0. The van der Waals surface area contributed by atoms with E-state index in [1.54, 1.807) is 72.8 Å². The zero-order valence-corrected chi connectivity index (χ0v) is 28.5. The van der Waals surface area contributed by atoms with Crippen molar-refractivity contribution in [1.82, 2.24) is 5.32 Å². The standard InChI is InChI=1S/C40H42N2O8/c1-4-5-6-7-8-25-49-34-23-17-32(18-24-34)40(47)50-35-21-9-28(10-22-35)26-36(27(2)43)42-38(45)30-15-19-33(20-16-30)41-37(44)29-11-13-31(14-12-29)39(46)48-3/h9-24,36H,4-8,25-26H2,1-3H3,(H,41,44)(H,42,45)/t36-/m0/s1. The number of methoxy groups -OCH3 is 1. The number of benzene rings is 4. The molecule has 0 aliphatic heterocycles. The number of Topliss-reactive ketones (excluding diaryl/α,β-unsaturated/α-hetero) is 1. The van der Waals surface area contributed by atoms with E-state index in [1.807, 2.05) is 0 Å². The Bertz CT molecular complexity index is 1750. The van der Waals surface area contributed by atoms with Gasteiger partial charge in [0.25, 0.3) is 11.8 Å². The van der Waals surface area contributed by atoms with Crippen molar-refractivity contribution in [3.63, 3.8) is 0 Å². The van der Waals surface area contributed by atoms with E-state index in [9.17, 15) is 24.0 Å². The van der Waals surface area contributed by atoms with E-state index in [1.165, 1.54) is 57.6 Å².